The molecule has 5 aliphatic rings. The highest BCUT2D eigenvalue weighted by atomic mass is 35.5. The summed E-state index contributed by atoms with van der Waals surface area (Å²) >= 11 is 14.5. The second-order valence-electron chi connectivity index (χ2n) is 24.8. The Morgan fingerprint density at radius 3 is 1.78 bits per heavy atom. The number of nitrogens with one attached hydrogen (secondary N) is 6. The van der Waals surface area contributed by atoms with E-state index in [4.69, 9.17) is 17.3 Å². The average molecular weight is 1470 g/mol. The van der Waals surface area contributed by atoms with Gasteiger partial charge in [0, 0.05) is 61.5 Å². The number of primary amides is 1. The smallest absolute Gasteiger partial charge is 0.258 e. The molecule has 0 bridgehead atoms. The van der Waals surface area contributed by atoms with Crippen molar-refractivity contribution in [2.75, 3.05) is 32.8 Å². The lowest BCUT2D eigenvalue weighted by molar-refractivity contribution is -0.115. The number of rotatable bonds is 23. The molecule has 0 saturated heterocycles. The molecule has 21 nitrogen and oxygen atoms in total. The standard InChI is InChI=1S/C25H23N5O2S2.C25H29N5O2S2.C22H22ClN5O2S2/c1-15(23(32)27-24-20(21(26)31)18-13-8-14-19(18)34-24)33-25-29-28-22(16-9-4-2-5-10-16)30(25)17-11-6-3-7-12-17;1-2-30-22(17-12-13-17)28-29-25(30)33-15-20(31)27-24-21(18-10-6-7-11-19(18)34-24)23(32)26-14-16-8-4-3-5-9-16;23-13-7-9-14(10-8-13)24-20(30)18-15-3-1-2-4-16(15)32-21(18)25-17(29)11-31-22-26-19(27-28-22)12-5-6-12/h2-7,9-12,15H,8,13-14H2,1H3,(H2,26,31)(H,27,32);3-5,8-9,17H,2,6-7,10-15H2,1H3,(H,26,32)(H,27,31);7-10,12H,1-6,11H2,(H,24,30)(H,25,29)(H,26,27,28). The van der Waals surface area contributed by atoms with Crippen LogP contribution in [0.5, 0.6) is 0 Å². The van der Waals surface area contributed by atoms with Crippen LogP contribution in [0, 0.1) is 0 Å². The highest BCUT2D eigenvalue weighted by molar-refractivity contribution is 8.00. The van der Waals surface area contributed by atoms with Crippen molar-refractivity contribution in [1.29, 1.82) is 0 Å². The number of aryl methyl sites for hydroxylation is 3. The molecule has 1 unspecified atom stereocenters. The number of nitrogens with zero attached hydrogens (tertiary/aromatic N) is 8. The lowest BCUT2D eigenvalue weighted by atomic mass is 9.95. The van der Waals surface area contributed by atoms with Crippen molar-refractivity contribution in [1.82, 2.24) is 50.0 Å². The zero-order valence-corrected chi connectivity index (χ0v) is 60.7. The first kappa shape index (κ1) is 70.0. The number of nitrogens with two attached hydrogens (primary N) is 1. The quantitative estimate of drug-likeness (QED) is 0.0293. The first-order valence-corrected chi connectivity index (χ1v) is 39.3. The Bertz CT molecular complexity index is 4600. The first-order valence-electron chi connectivity index (χ1n) is 33.6. The second-order valence-corrected chi connectivity index (χ2v) is 31.7. The average Bonchev–Trinajstić information content (AvgIpc) is 1.69. The third-order valence-electron chi connectivity index (χ3n) is 17.6. The molecular formula is C72H74ClN15O6S6. The second kappa shape index (κ2) is 32.5. The van der Waals surface area contributed by atoms with E-state index in [0.29, 0.717) is 76.9 Å². The number of aromatic amines is 1. The number of hydrogen-bond acceptors (Lipinski definition) is 18. The Morgan fingerprint density at radius 1 is 0.610 bits per heavy atom. The molecule has 10 aromatic rings. The van der Waals surface area contributed by atoms with Crippen LogP contribution in [-0.4, -0.2) is 96.9 Å². The van der Waals surface area contributed by atoms with Crippen molar-refractivity contribution >= 4 is 137 Å². The van der Waals surface area contributed by atoms with Gasteiger partial charge in [-0.2, -0.15) is 0 Å². The number of amides is 6. The third kappa shape index (κ3) is 17.0. The number of para-hydroxylation sites is 1. The number of fused-ring (bicyclic) bond motifs is 3. The van der Waals surface area contributed by atoms with Crippen molar-refractivity contribution in [2.45, 2.75) is 156 Å². The van der Waals surface area contributed by atoms with Crippen molar-refractivity contribution in [3.63, 3.8) is 0 Å². The van der Waals surface area contributed by atoms with Crippen LogP contribution in [0.2, 0.25) is 5.02 Å². The molecule has 6 aromatic heterocycles. The van der Waals surface area contributed by atoms with E-state index in [1.807, 2.05) is 102 Å². The molecule has 100 heavy (non-hydrogen) atoms. The van der Waals surface area contributed by atoms with Crippen LogP contribution in [-0.2, 0) is 66.0 Å². The SMILES string of the molecule is CC(Sc1nnc(-c2ccccc2)n1-c1ccccc1)C(=O)Nc1sc2c(c1C(N)=O)CCC2.CCn1c(SCC(=O)Nc2sc3c(c2C(=O)NCc2ccccc2)CCCC3)nnc1C1CC1.O=C(CSc1n[nH]c(C2CC2)n1)Nc1sc2c(c1C(=O)Nc1ccc(Cl)cc1)CCCC2. The molecule has 8 N–H and O–H groups in total. The van der Waals surface area contributed by atoms with Gasteiger partial charge in [0.05, 0.1) is 33.4 Å². The predicted molar refractivity (Wildman–Crippen MR) is 399 cm³/mol. The van der Waals surface area contributed by atoms with Gasteiger partial charge in [0.1, 0.15) is 26.7 Å². The zero-order valence-electron chi connectivity index (χ0n) is 55.1. The number of halogens is 1. The van der Waals surface area contributed by atoms with Crippen molar-refractivity contribution in [3.8, 4) is 17.1 Å². The van der Waals surface area contributed by atoms with Gasteiger partial charge < -0.3 is 36.9 Å². The maximum Gasteiger partial charge on any atom is 0.258 e. The molecule has 6 heterocycles. The predicted octanol–water partition coefficient (Wildman–Crippen LogP) is 14.7. The van der Waals surface area contributed by atoms with E-state index in [9.17, 15) is 28.8 Å². The summed E-state index contributed by atoms with van der Waals surface area (Å²) in [4.78, 5) is 85.1. The van der Waals surface area contributed by atoms with Crippen LogP contribution < -0.4 is 32.3 Å². The lowest BCUT2D eigenvalue weighted by Gasteiger charge is -2.14. The van der Waals surface area contributed by atoms with E-state index < -0.39 is 11.2 Å². The maximum atomic E-state index is 13.2. The molecule has 0 aliphatic heterocycles. The highest BCUT2D eigenvalue weighted by Gasteiger charge is 2.34. The number of hydrogen-bond donors (Lipinski definition) is 7. The fraction of sp³-hybridized carbons (Fsp3) is 0.333. The van der Waals surface area contributed by atoms with Gasteiger partial charge in [-0.15, -0.1) is 59.5 Å². The van der Waals surface area contributed by atoms with E-state index in [0.717, 1.165) is 145 Å². The molecule has 0 spiro atoms. The molecule has 5 aliphatic carbocycles. The molecule has 2 fully saturated rings. The van der Waals surface area contributed by atoms with Gasteiger partial charge in [-0.3, -0.25) is 38.4 Å². The van der Waals surface area contributed by atoms with E-state index in [-0.39, 0.29) is 41.0 Å². The van der Waals surface area contributed by atoms with E-state index >= 15 is 0 Å². The Balaban J connectivity index is 0.000000134. The minimum atomic E-state index is -0.494. The molecule has 28 heteroatoms. The number of H-pyrrole nitrogens is 1. The summed E-state index contributed by atoms with van der Waals surface area (Å²) in [6.45, 7) is 5.16. The molecule has 2 saturated carbocycles. The number of aromatic nitrogens is 9. The van der Waals surface area contributed by atoms with Gasteiger partial charge in [-0.25, -0.2) is 4.98 Å². The van der Waals surface area contributed by atoms with Crippen LogP contribution in [0.4, 0.5) is 20.7 Å². The minimum Gasteiger partial charge on any atom is -0.365 e. The number of thiophene rings is 3. The Labute approximate surface area is 608 Å². The summed E-state index contributed by atoms with van der Waals surface area (Å²) in [7, 11) is 0. The largest absolute Gasteiger partial charge is 0.365 e. The van der Waals surface area contributed by atoms with Crippen molar-refractivity contribution in [2.24, 2.45) is 5.73 Å². The van der Waals surface area contributed by atoms with Crippen LogP contribution >= 0.6 is 80.9 Å². The van der Waals surface area contributed by atoms with Crippen molar-refractivity contribution in [3.05, 3.63) is 186 Å². The molecule has 516 valence electrons. The monoisotopic (exact) mass is 1470 g/mol. The van der Waals surface area contributed by atoms with Gasteiger partial charge >= 0.3 is 0 Å². The van der Waals surface area contributed by atoms with E-state index in [2.05, 4.69) is 73.7 Å². The summed E-state index contributed by atoms with van der Waals surface area (Å²) in [6.07, 6.45) is 15.4. The molecule has 0 radical (unpaired) electrons. The van der Waals surface area contributed by atoms with E-state index in [1.54, 1.807) is 35.6 Å². The van der Waals surface area contributed by atoms with Gasteiger partial charge in [0.25, 0.3) is 17.7 Å². The molecular weight excluding hydrogens is 1400 g/mol. The topological polar surface area (TPSA) is 292 Å². The Hall–Kier alpha value is -8.44. The van der Waals surface area contributed by atoms with Gasteiger partial charge in [0.2, 0.25) is 22.9 Å². The van der Waals surface area contributed by atoms with Gasteiger partial charge in [0.15, 0.2) is 16.1 Å². The van der Waals surface area contributed by atoms with Crippen molar-refractivity contribution < 1.29 is 28.8 Å². The van der Waals surface area contributed by atoms with Crippen LogP contribution in [0.1, 0.15) is 163 Å². The minimum absolute atomic E-state index is 0.119. The number of anilines is 4. The van der Waals surface area contributed by atoms with Gasteiger partial charge in [-0.1, -0.05) is 126 Å². The van der Waals surface area contributed by atoms with Gasteiger partial charge in [-0.05, 0) is 169 Å². The normalized spacial score (nSPS) is 14.6. The van der Waals surface area contributed by atoms with E-state index in [1.165, 1.54) is 80.6 Å². The molecule has 1 atom stereocenters. The first-order chi connectivity index (χ1) is 48.7. The van der Waals surface area contributed by atoms with Crippen LogP contribution in [0.25, 0.3) is 17.1 Å². The summed E-state index contributed by atoms with van der Waals surface area (Å²) in [5, 5.41) is 43.5. The summed E-state index contributed by atoms with van der Waals surface area (Å²) in [5.41, 5.74) is 14.0. The fourth-order valence-corrected chi connectivity index (χ4v) is 18.6. The fourth-order valence-electron chi connectivity index (χ4n) is 12.3. The molecule has 15 rings (SSSR count). The van der Waals surface area contributed by atoms with Crippen LogP contribution in [0.3, 0.4) is 0 Å². The Kier molecular flexibility index (Phi) is 22.7. The summed E-state index contributed by atoms with van der Waals surface area (Å²) in [6, 6.07) is 36.5. The Morgan fingerprint density at radius 2 is 1.16 bits per heavy atom. The summed E-state index contributed by atoms with van der Waals surface area (Å²) in [5.74, 6) is 2.73. The molecule has 6 amide bonds. The maximum absolute atomic E-state index is 13.2. The zero-order chi connectivity index (χ0) is 69.2. The number of carbonyl (C=O) groups is 6. The summed E-state index contributed by atoms with van der Waals surface area (Å²) < 4.78 is 4.07. The lowest BCUT2D eigenvalue weighted by Crippen LogP contribution is -2.25. The highest BCUT2D eigenvalue weighted by Crippen LogP contribution is 2.44. The third-order valence-corrected chi connectivity index (χ3v) is 24.3. The molecule has 4 aromatic carbocycles. The number of benzene rings is 4. The number of thioether (sulfide) groups is 3. The number of carbonyl (C=O) groups excluding carboxylic acids is 6. The van der Waals surface area contributed by atoms with Crippen LogP contribution in [0.15, 0.2) is 131 Å².